The van der Waals surface area contributed by atoms with Crippen molar-refractivity contribution in [3.8, 4) is 0 Å². The molecule has 8 heteroatoms. The monoisotopic (exact) mass is 364 g/mol. The minimum Gasteiger partial charge on any atom is -0.383 e. The number of hydrogen-bond donors (Lipinski definition) is 2. The fourth-order valence-electron chi connectivity index (χ4n) is 3.05. The number of benzene rings is 1. The minimum absolute atomic E-state index is 0.109. The maximum absolute atomic E-state index is 12.3. The predicted molar refractivity (Wildman–Crippen MR) is 101 cm³/mol. The fourth-order valence-corrected chi connectivity index (χ4v) is 3.05. The van der Waals surface area contributed by atoms with Crippen LogP contribution < -0.4 is 10.6 Å². The zero-order chi connectivity index (χ0) is 18.8. The van der Waals surface area contributed by atoms with E-state index in [0.29, 0.717) is 30.9 Å². The van der Waals surface area contributed by atoms with Crippen molar-refractivity contribution < 1.29 is 14.5 Å². The summed E-state index contributed by atoms with van der Waals surface area (Å²) < 4.78 is 4.92. The normalized spacial score (nSPS) is 14.8. The predicted octanol–water partition coefficient (Wildman–Crippen LogP) is 2.26. The third kappa shape index (κ3) is 6.27. The molecule has 144 valence electrons. The smallest absolute Gasteiger partial charge is 0.293 e. The number of ether oxygens (including phenoxy) is 1. The summed E-state index contributed by atoms with van der Waals surface area (Å²) in [5.74, 6) is -0.282. The standard InChI is InChI=1S/C18H28N4O4/c1-26-13-9-19-16-7-6-15(14-17(16)22(24)25)18(23)20-8-5-12-21-10-3-2-4-11-21/h6-7,14,19H,2-5,8-13H2,1H3,(H,20,23). The molecular formula is C18H28N4O4. The second-order valence-electron chi connectivity index (χ2n) is 6.42. The van der Waals surface area contributed by atoms with Crippen LogP contribution in [0.1, 0.15) is 36.0 Å². The summed E-state index contributed by atoms with van der Waals surface area (Å²) in [5, 5.41) is 17.1. The number of nitro benzene ring substituents is 1. The quantitative estimate of drug-likeness (QED) is 0.375. The Morgan fingerprint density at radius 2 is 2.04 bits per heavy atom. The highest BCUT2D eigenvalue weighted by Crippen LogP contribution is 2.25. The molecule has 0 aromatic heterocycles. The van der Waals surface area contributed by atoms with Crippen LogP contribution in [0.3, 0.4) is 0 Å². The van der Waals surface area contributed by atoms with Crippen LogP contribution in [0.25, 0.3) is 0 Å². The number of methoxy groups -OCH3 is 1. The Morgan fingerprint density at radius 1 is 1.27 bits per heavy atom. The summed E-state index contributed by atoms with van der Waals surface area (Å²) in [7, 11) is 1.56. The zero-order valence-electron chi connectivity index (χ0n) is 15.3. The van der Waals surface area contributed by atoms with E-state index in [9.17, 15) is 14.9 Å². The molecule has 26 heavy (non-hydrogen) atoms. The molecular weight excluding hydrogens is 336 g/mol. The first kappa shape index (κ1) is 20.1. The Bertz CT molecular complexity index is 603. The summed E-state index contributed by atoms with van der Waals surface area (Å²) in [4.78, 5) is 25.5. The molecule has 1 saturated heterocycles. The maximum Gasteiger partial charge on any atom is 0.293 e. The van der Waals surface area contributed by atoms with Crippen LogP contribution in [0.2, 0.25) is 0 Å². The Morgan fingerprint density at radius 3 is 2.73 bits per heavy atom. The highest BCUT2D eigenvalue weighted by molar-refractivity contribution is 5.95. The third-order valence-electron chi connectivity index (χ3n) is 4.46. The highest BCUT2D eigenvalue weighted by atomic mass is 16.6. The first-order chi connectivity index (χ1) is 12.6. The molecule has 8 nitrogen and oxygen atoms in total. The van der Waals surface area contributed by atoms with Crippen LogP contribution in [0.4, 0.5) is 11.4 Å². The van der Waals surface area contributed by atoms with E-state index in [1.807, 2.05) is 0 Å². The number of nitrogens with zero attached hydrogens (tertiary/aromatic N) is 2. The molecule has 1 aromatic carbocycles. The molecule has 0 spiro atoms. The van der Waals surface area contributed by atoms with Crippen molar-refractivity contribution in [3.05, 3.63) is 33.9 Å². The number of nitrogens with one attached hydrogen (secondary N) is 2. The lowest BCUT2D eigenvalue weighted by molar-refractivity contribution is -0.384. The summed E-state index contributed by atoms with van der Waals surface area (Å²) in [6, 6.07) is 4.48. The largest absolute Gasteiger partial charge is 0.383 e. The number of anilines is 1. The lowest BCUT2D eigenvalue weighted by Crippen LogP contribution is -2.33. The maximum atomic E-state index is 12.3. The second-order valence-corrected chi connectivity index (χ2v) is 6.42. The van der Waals surface area contributed by atoms with E-state index in [-0.39, 0.29) is 11.6 Å². The summed E-state index contributed by atoms with van der Waals surface area (Å²) in [6.45, 7) is 4.71. The van der Waals surface area contributed by atoms with Crippen molar-refractivity contribution in [2.45, 2.75) is 25.7 Å². The lowest BCUT2D eigenvalue weighted by Gasteiger charge is -2.26. The molecule has 0 unspecified atom stereocenters. The minimum atomic E-state index is -0.484. The molecule has 1 amide bonds. The molecule has 1 fully saturated rings. The van der Waals surface area contributed by atoms with Gasteiger partial charge < -0.3 is 20.3 Å². The molecule has 0 aliphatic carbocycles. The van der Waals surface area contributed by atoms with Crippen LogP contribution in [-0.4, -0.2) is 62.2 Å². The fraction of sp³-hybridized carbons (Fsp3) is 0.611. The number of piperidine rings is 1. The van der Waals surface area contributed by atoms with Gasteiger partial charge in [0.2, 0.25) is 0 Å². The van der Waals surface area contributed by atoms with E-state index in [4.69, 9.17) is 4.74 Å². The highest BCUT2D eigenvalue weighted by Gasteiger charge is 2.17. The van der Waals surface area contributed by atoms with E-state index in [0.717, 1.165) is 26.1 Å². The van der Waals surface area contributed by atoms with Crippen LogP contribution >= 0.6 is 0 Å². The van der Waals surface area contributed by atoms with Gasteiger partial charge in [-0.25, -0.2) is 0 Å². The van der Waals surface area contributed by atoms with Gasteiger partial charge in [0.15, 0.2) is 0 Å². The molecule has 0 saturated carbocycles. The summed E-state index contributed by atoms with van der Waals surface area (Å²) in [6.07, 6.45) is 4.69. The van der Waals surface area contributed by atoms with Crippen molar-refractivity contribution in [2.24, 2.45) is 0 Å². The first-order valence-electron chi connectivity index (χ1n) is 9.13. The van der Waals surface area contributed by atoms with Crippen LogP contribution in [0.15, 0.2) is 18.2 Å². The van der Waals surface area contributed by atoms with E-state index in [2.05, 4.69) is 15.5 Å². The van der Waals surface area contributed by atoms with Gasteiger partial charge in [-0.15, -0.1) is 0 Å². The molecule has 0 atom stereocenters. The zero-order valence-corrected chi connectivity index (χ0v) is 15.3. The number of amides is 1. The van der Waals surface area contributed by atoms with Gasteiger partial charge in [0.25, 0.3) is 11.6 Å². The molecule has 2 rings (SSSR count). The van der Waals surface area contributed by atoms with Gasteiger partial charge in [-0.2, -0.15) is 0 Å². The van der Waals surface area contributed by atoms with Gasteiger partial charge in [0, 0.05) is 31.8 Å². The molecule has 1 aliphatic rings. The van der Waals surface area contributed by atoms with Crippen molar-refractivity contribution in [3.63, 3.8) is 0 Å². The van der Waals surface area contributed by atoms with Crippen molar-refractivity contribution in [1.82, 2.24) is 10.2 Å². The number of carbonyl (C=O) groups is 1. The second kappa shape index (κ2) is 10.7. The number of carbonyl (C=O) groups excluding carboxylic acids is 1. The lowest BCUT2D eigenvalue weighted by atomic mass is 10.1. The average Bonchev–Trinajstić information content (AvgIpc) is 2.66. The van der Waals surface area contributed by atoms with Crippen LogP contribution in [-0.2, 0) is 4.74 Å². The van der Waals surface area contributed by atoms with Gasteiger partial charge in [-0.1, -0.05) is 6.42 Å². The third-order valence-corrected chi connectivity index (χ3v) is 4.46. The van der Waals surface area contributed by atoms with E-state index < -0.39 is 4.92 Å². The summed E-state index contributed by atoms with van der Waals surface area (Å²) >= 11 is 0. The van der Waals surface area contributed by atoms with Crippen molar-refractivity contribution >= 4 is 17.3 Å². The molecule has 0 radical (unpaired) electrons. The Kier molecular flexibility index (Phi) is 8.30. The van der Waals surface area contributed by atoms with E-state index in [1.165, 1.54) is 25.3 Å². The van der Waals surface area contributed by atoms with Crippen LogP contribution in [0.5, 0.6) is 0 Å². The number of hydrogen-bond acceptors (Lipinski definition) is 6. The Hall–Kier alpha value is -2.19. The molecule has 1 aliphatic heterocycles. The first-order valence-corrected chi connectivity index (χ1v) is 9.13. The van der Waals surface area contributed by atoms with Gasteiger partial charge in [0.05, 0.1) is 11.5 Å². The molecule has 2 N–H and O–H groups in total. The molecule has 0 bridgehead atoms. The van der Waals surface area contributed by atoms with Gasteiger partial charge >= 0.3 is 0 Å². The SMILES string of the molecule is COCCNc1ccc(C(=O)NCCCN2CCCCC2)cc1[N+](=O)[O-]. The van der Waals surface area contributed by atoms with E-state index >= 15 is 0 Å². The number of nitro groups is 1. The number of likely N-dealkylation sites (tertiary alicyclic amines) is 1. The van der Waals surface area contributed by atoms with Gasteiger partial charge in [0.1, 0.15) is 5.69 Å². The van der Waals surface area contributed by atoms with Crippen molar-refractivity contribution in [1.29, 1.82) is 0 Å². The van der Waals surface area contributed by atoms with Crippen LogP contribution in [0, 0.1) is 10.1 Å². The molecule has 1 heterocycles. The van der Waals surface area contributed by atoms with E-state index in [1.54, 1.807) is 19.2 Å². The average molecular weight is 364 g/mol. The van der Waals surface area contributed by atoms with Gasteiger partial charge in [-0.05, 0) is 51.0 Å². The summed E-state index contributed by atoms with van der Waals surface area (Å²) in [5.41, 5.74) is 0.572. The Balaban J connectivity index is 1.85. The number of rotatable bonds is 10. The molecule has 1 aromatic rings. The topological polar surface area (TPSA) is 96.7 Å². The van der Waals surface area contributed by atoms with Crippen molar-refractivity contribution in [2.75, 3.05) is 51.8 Å². The van der Waals surface area contributed by atoms with Gasteiger partial charge in [-0.3, -0.25) is 14.9 Å². The Labute approximate surface area is 154 Å².